The molecule has 0 unspecified atom stereocenters. The molecule has 0 spiro atoms. The predicted molar refractivity (Wildman–Crippen MR) is 107 cm³/mol. The Bertz CT molecular complexity index is 804. The summed E-state index contributed by atoms with van der Waals surface area (Å²) in [6, 6.07) is 10.3. The van der Waals surface area contributed by atoms with E-state index in [-0.39, 0.29) is 0 Å². The third-order valence-corrected chi connectivity index (χ3v) is 5.31. The Morgan fingerprint density at radius 3 is 2.16 bits per heavy atom. The standard InChI is InChI=1S/C23H29NO/c1-13(2)17-8-7-9-18(14(3)4)23(17)24-19-12-16(6)21-15(5)10-11-20(25)22(19)21/h7-11,13-14,16,25H,12H2,1-6H3/t16-/m0/s1. The van der Waals surface area contributed by atoms with E-state index >= 15 is 0 Å². The van der Waals surface area contributed by atoms with Gasteiger partial charge in [-0.1, -0.05) is 58.9 Å². The number of hydrogen-bond donors (Lipinski definition) is 1. The van der Waals surface area contributed by atoms with Crippen LogP contribution in [0, 0.1) is 6.92 Å². The summed E-state index contributed by atoms with van der Waals surface area (Å²) >= 11 is 0. The van der Waals surface area contributed by atoms with Crippen LogP contribution in [0.4, 0.5) is 5.69 Å². The van der Waals surface area contributed by atoms with E-state index in [1.165, 1.54) is 22.3 Å². The van der Waals surface area contributed by atoms with Crippen molar-refractivity contribution in [2.45, 2.75) is 65.7 Å². The van der Waals surface area contributed by atoms with E-state index in [1.54, 1.807) is 6.07 Å². The van der Waals surface area contributed by atoms with E-state index in [1.807, 2.05) is 6.07 Å². The molecule has 2 heteroatoms. The highest BCUT2D eigenvalue weighted by Crippen LogP contribution is 2.43. The average Bonchev–Trinajstić information content (AvgIpc) is 2.88. The Balaban J connectivity index is 2.24. The number of aromatic hydroxyl groups is 1. The molecule has 25 heavy (non-hydrogen) atoms. The van der Waals surface area contributed by atoms with Crippen LogP contribution in [-0.2, 0) is 0 Å². The summed E-state index contributed by atoms with van der Waals surface area (Å²) in [4.78, 5) is 5.15. The minimum atomic E-state index is 0.358. The van der Waals surface area contributed by atoms with Crippen molar-refractivity contribution in [3.05, 3.63) is 58.1 Å². The molecule has 1 N–H and O–H groups in total. The molecule has 1 atom stereocenters. The molecule has 0 heterocycles. The van der Waals surface area contributed by atoms with Crippen molar-refractivity contribution in [1.82, 2.24) is 0 Å². The molecule has 2 nitrogen and oxygen atoms in total. The van der Waals surface area contributed by atoms with Crippen molar-refractivity contribution >= 4 is 11.4 Å². The van der Waals surface area contributed by atoms with Gasteiger partial charge in [0.15, 0.2) is 0 Å². The molecule has 3 rings (SSSR count). The van der Waals surface area contributed by atoms with Crippen LogP contribution in [0.15, 0.2) is 35.3 Å². The monoisotopic (exact) mass is 335 g/mol. The summed E-state index contributed by atoms with van der Waals surface area (Å²) in [5, 5.41) is 10.5. The Kier molecular flexibility index (Phi) is 4.73. The van der Waals surface area contributed by atoms with Gasteiger partial charge in [-0.2, -0.15) is 0 Å². The smallest absolute Gasteiger partial charge is 0.124 e. The summed E-state index contributed by atoms with van der Waals surface area (Å²) in [5.41, 5.74) is 8.15. The van der Waals surface area contributed by atoms with Gasteiger partial charge in [0.25, 0.3) is 0 Å². The zero-order chi connectivity index (χ0) is 18.3. The first kappa shape index (κ1) is 17.7. The Hall–Kier alpha value is -2.09. The van der Waals surface area contributed by atoms with E-state index in [2.05, 4.69) is 59.7 Å². The Morgan fingerprint density at radius 2 is 1.60 bits per heavy atom. The highest BCUT2D eigenvalue weighted by atomic mass is 16.3. The predicted octanol–water partition coefficient (Wildman–Crippen LogP) is 6.58. The summed E-state index contributed by atoms with van der Waals surface area (Å²) in [6.45, 7) is 13.2. The average molecular weight is 335 g/mol. The van der Waals surface area contributed by atoms with E-state index in [4.69, 9.17) is 4.99 Å². The van der Waals surface area contributed by atoms with Gasteiger partial charge in [-0.05, 0) is 59.4 Å². The lowest BCUT2D eigenvalue weighted by Crippen LogP contribution is -2.00. The summed E-state index contributed by atoms with van der Waals surface area (Å²) in [6.07, 6.45) is 0.887. The zero-order valence-corrected chi connectivity index (χ0v) is 16.2. The lowest BCUT2D eigenvalue weighted by Gasteiger charge is -2.17. The molecule has 2 aromatic carbocycles. The molecule has 0 aliphatic heterocycles. The molecule has 132 valence electrons. The van der Waals surface area contributed by atoms with E-state index in [0.717, 1.165) is 23.4 Å². The van der Waals surface area contributed by atoms with Gasteiger partial charge in [0.1, 0.15) is 5.75 Å². The molecular formula is C23H29NO. The van der Waals surface area contributed by atoms with Crippen LogP contribution in [0.1, 0.15) is 86.6 Å². The highest BCUT2D eigenvalue weighted by Gasteiger charge is 2.29. The van der Waals surface area contributed by atoms with Crippen LogP contribution in [0.25, 0.3) is 0 Å². The first-order chi connectivity index (χ1) is 11.8. The van der Waals surface area contributed by atoms with Gasteiger partial charge in [-0.15, -0.1) is 0 Å². The van der Waals surface area contributed by atoms with Gasteiger partial charge < -0.3 is 5.11 Å². The largest absolute Gasteiger partial charge is 0.507 e. The van der Waals surface area contributed by atoms with Crippen molar-refractivity contribution in [1.29, 1.82) is 0 Å². The van der Waals surface area contributed by atoms with E-state index < -0.39 is 0 Å². The number of phenols is 1. The fourth-order valence-electron chi connectivity index (χ4n) is 4.02. The molecular weight excluding hydrogens is 306 g/mol. The number of rotatable bonds is 3. The molecule has 2 aromatic rings. The number of fused-ring (bicyclic) bond motifs is 1. The van der Waals surface area contributed by atoms with Crippen LogP contribution in [0.3, 0.4) is 0 Å². The SMILES string of the molecule is Cc1ccc(O)c2c1[C@@H](C)CC2=Nc1c(C(C)C)cccc1C(C)C. The second-order valence-electron chi connectivity index (χ2n) is 7.95. The molecule has 0 saturated carbocycles. The number of phenolic OH excluding ortho intramolecular Hbond substituents is 1. The van der Waals surface area contributed by atoms with Crippen molar-refractivity contribution in [3.63, 3.8) is 0 Å². The fraction of sp³-hybridized carbons (Fsp3) is 0.435. The number of para-hydroxylation sites is 1. The molecule has 0 saturated heterocycles. The minimum absolute atomic E-state index is 0.358. The third kappa shape index (κ3) is 3.10. The van der Waals surface area contributed by atoms with Crippen LogP contribution >= 0.6 is 0 Å². The van der Waals surface area contributed by atoms with Crippen molar-refractivity contribution in [2.75, 3.05) is 0 Å². The molecule has 1 aliphatic rings. The van der Waals surface area contributed by atoms with Crippen LogP contribution in [-0.4, -0.2) is 10.8 Å². The van der Waals surface area contributed by atoms with Crippen LogP contribution < -0.4 is 0 Å². The fourth-order valence-corrected chi connectivity index (χ4v) is 4.02. The van der Waals surface area contributed by atoms with Crippen molar-refractivity contribution in [3.8, 4) is 5.75 Å². The highest BCUT2D eigenvalue weighted by molar-refractivity contribution is 6.09. The van der Waals surface area contributed by atoms with Gasteiger partial charge in [0.05, 0.1) is 11.4 Å². The Labute approximate surface area is 151 Å². The Morgan fingerprint density at radius 1 is 1.00 bits per heavy atom. The normalized spacial score (nSPS) is 18.4. The van der Waals surface area contributed by atoms with E-state index in [9.17, 15) is 5.11 Å². The molecule has 0 aromatic heterocycles. The molecule has 0 radical (unpaired) electrons. The van der Waals surface area contributed by atoms with Crippen molar-refractivity contribution < 1.29 is 5.11 Å². The lowest BCUT2D eigenvalue weighted by atomic mass is 9.92. The number of benzene rings is 2. The quantitative estimate of drug-likeness (QED) is 0.675. The van der Waals surface area contributed by atoms with Gasteiger partial charge in [-0.25, -0.2) is 0 Å². The number of aliphatic imine (C=N–C) groups is 1. The lowest BCUT2D eigenvalue weighted by molar-refractivity contribution is 0.473. The van der Waals surface area contributed by atoms with Gasteiger partial charge in [0, 0.05) is 5.56 Å². The minimum Gasteiger partial charge on any atom is -0.507 e. The maximum atomic E-state index is 10.5. The van der Waals surface area contributed by atoms with Crippen molar-refractivity contribution in [2.24, 2.45) is 4.99 Å². The summed E-state index contributed by atoms with van der Waals surface area (Å²) in [5.74, 6) is 1.59. The first-order valence-electron chi connectivity index (χ1n) is 9.34. The molecule has 0 bridgehead atoms. The van der Waals surface area contributed by atoms with Crippen LogP contribution in [0.5, 0.6) is 5.75 Å². The molecule has 1 aliphatic carbocycles. The molecule has 0 amide bonds. The zero-order valence-electron chi connectivity index (χ0n) is 16.2. The summed E-state index contributed by atoms with van der Waals surface area (Å²) < 4.78 is 0. The number of nitrogens with zero attached hydrogens (tertiary/aromatic N) is 1. The maximum Gasteiger partial charge on any atom is 0.124 e. The van der Waals surface area contributed by atoms with E-state index in [0.29, 0.717) is 23.5 Å². The number of hydrogen-bond acceptors (Lipinski definition) is 2. The molecule has 0 fully saturated rings. The topological polar surface area (TPSA) is 32.6 Å². The van der Waals surface area contributed by atoms with Crippen LogP contribution in [0.2, 0.25) is 0 Å². The second kappa shape index (κ2) is 6.67. The summed E-state index contributed by atoms with van der Waals surface area (Å²) in [7, 11) is 0. The first-order valence-corrected chi connectivity index (χ1v) is 9.34. The second-order valence-corrected chi connectivity index (χ2v) is 7.95. The van der Waals surface area contributed by atoms with Gasteiger partial charge in [-0.3, -0.25) is 4.99 Å². The van der Waals surface area contributed by atoms with Gasteiger partial charge in [0.2, 0.25) is 0 Å². The number of aryl methyl sites for hydroxylation is 1. The van der Waals surface area contributed by atoms with Gasteiger partial charge >= 0.3 is 0 Å². The third-order valence-electron chi connectivity index (χ3n) is 5.31. The maximum absolute atomic E-state index is 10.5.